The molecular formula is C18H22Cl2N2. The van der Waals surface area contributed by atoms with Crippen LogP contribution in [0.15, 0.2) is 36.5 Å². The van der Waals surface area contributed by atoms with Crippen molar-refractivity contribution >= 4 is 23.2 Å². The molecule has 0 spiro atoms. The normalized spacial score (nSPS) is 11.7. The molecule has 22 heavy (non-hydrogen) atoms. The molecule has 0 bridgehead atoms. The highest BCUT2D eigenvalue weighted by Crippen LogP contribution is 2.23. The zero-order valence-corrected chi connectivity index (χ0v) is 14.8. The van der Waals surface area contributed by atoms with Gasteiger partial charge in [0.25, 0.3) is 0 Å². The van der Waals surface area contributed by atoms with Gasteiger partial charge >= 0.3 is 0 Å². The summed E-state index contributed by atoms with van der Waals surface area (Å²) in [5, 5.41) is 4.61. The minimum Gasteiger partial charge on any atom is -0.311 e. The molecule has 2 aromatic rings. The monoisotopic (exact) mass is 336 g/mol. The highest BCUT2D eigenvalue weighted by Gasteiger charge is 2.13. The Balaban J connectivity index is 1.80. The van der Waals surface area contributed by atoms with E-state index in [2.05, 4.69) is 43.2 Å². The maximum atomic E-state index is 6.01. The van der Waals surface area contributed by atoms with Crippen LogP contribution in [0.2, 0.25) is 10.0 Å². The second kappa shape index (κ2) is 7.45. The Bertz CT molecular complexity index is 616. The van der Waals surface area contributed by atoms with Gasteiger partial charge < -0.3 is 5.32 Å². The molecule has 1 N–H and O–H groups in total. The van der Waals surface area contributed by atoms with Crippen molar-refractivity contribution in [1.29, 1.82) is 0 Å². The van der Waals surface area contributed by atoms with Crippen molar-refractivity contribution in [3.8, 4) is 0 Å². The average Bonchev–Trinajstić information content (AvgIpc) is 2.47. The molecule has 1 heterocycles. The molecule has 2 nitrogen and oxygen atoms in total. The van der Waals surface area contributed by atoms with Gasteiger partial charge in [0.05, 0.1) is 15.7 Å². The Labute approximate surface area is 142 Å². The Morgan fingerprint density at radius 1 is 1.05 bits per heavy atom. The molecule has 118 valence electrons. The summed E-state index contributed by atoms with van der Waals surface area (Å²) < 4.78 is 0. The highest BCUT2D eigenvalue weighted by molar-refractivity contribution is 6.42. The molecule has 1 aromatic carbocycles. The zero-order chi connectivity index (χ0) is 16.2. The van der Waals surface area contributed by atoms with Gasteiger partial charge in [0.2, 0.25) is 0 Å². The van der Waals surface area contributed by atoms with E-state index in [1.54, 1.807) is 0 Å². The summed E-state index contributed by atoms with van der Waals surface area (Å²) in [4.78, 5) is 4.51. The molecule has 0 unspecified atom stereocenters. The molecule has 0 aliphatic heterocycles. The molecule has 0 aliphatic rings. The number of halogens is 2. The SMILES string of the molecule is CC(C)(C)c1ccc(CNCCc2ccc(Cl)c(Cl)c2)nc1. The largest absolute Gasteiger partial charge is 0.311 e. The fourth-order valence-corrected chi connectivity index (χ4v) is 2.44. The quantitative estimate of drug-likeness (QED) is 0.775. The lowest BCUT2D eigenvalue weighted by Crippen LogP contribution is -2.18. The summed E-state index contributed by atoms with van der Waals surface area (Å²) in [5.41, 5.74) is 3.64. The molecule has 0 radical (unpaired) electrons. The Morgan fingerprint density at radius 2 is 1.82 bits per heavy atom. The summed E-state index contributed by atoms with van der Waals surface area (Å²) in [6.45, 7) is 8.23. The van der Waals surface area contributed by atoms with Crippen LogP contribution in [0.5, 0.6) is 0 Å². The smallest absolute Gasteiger partial charge is 0.0595 e. The van der Waals surface area contributed by atoms with Crippen molar-refractivity contribution < 1.29 is 0 Å². The molecule has 0 saturated carbocycles. The predicted octanol–water partition coefficient (Wildman–Crippen LogP) is 5.02. The predicted molar refractivity (Wildman–Crippen MR) is 94.8 cm³/mol. The molecule has 4 heteroatoms. The maximum absolute atomic E-state index is 6.01. The molecule has 0 atom stereocenters. The topological polar surface area (TPSA) is 24.9 Å². The molecule has 0 aliphatic carbocycles. The van der Waals surface area contributed by atoms with Gasteiger partial charge in [0, 0.05) is 12.7 Å². The van der Waals surface area contributed by atoms with Gasteiger partial charge in [0.15, 0.2) is 0 Å². The van der Waals surface area contributed by atoms with Crippen LogP contribution in [-0.2, 0) is 18.4 Å². The first kappa shape index (κ1) is 17.3. The zero-order valence-electron chi connectivity index (χ0n) is 13.3. The number of pyridine rings is 1. The number of benzene rings is 1. The van der Waals surface area contributed by atoms with Crippen molar-refractivity contribution in [3.05, 3.63) is 63.4 Å². The van der Waals surface area contributed by atoms with Gasteiger partial charge in [-0.15, -0.1) is 0 Å². The van der Waals surface area contributed by atoms with Gasteiger partial charge in [-0.3, -0.25) is 4.98 Å². The van der Waals surface area contributed by atoms with E-state index in [-0.39, 0.29) is 5.41 Å². The second-order valence-electron chi connectivity index (χ2n) is 6.46. The molecule has 2 rings (SSSR count). The number of rotatable bonds is 5. The Hall–Kier alpha value is -1.09. The Morgan fingerprint density at radius 3 is 2.41 bits per heavy atom. The fourth-order valence-electron chi connectivity index (χ4n) is 2.12. The third kappa shape index (κ3) is 4.98. The van der Waals surface area contributed by atoms with E-state index in [1.165, 1.54) is 11.1 Å². The van der Waals surface area contributed by atoms with Gasteiger partial charge in [0.1, 0.15) is 0 Å². The van der Waals surface area contributed by atoms with Crippen molar-refractivity contribution in [3.63, 3.8) is 0 Å². The molecule has 0 amide bonds. The lowest BCUT2D eigenvalue weighted by atomic mass is 9.88. The number of hydrogen-bond acceptors (Lipinski definition) is 2. The molecular weight excluding hydrogens is 315 g/mol. The Kier molecular flexibility index (Phi) is 5.85. The minimum atomic E-state index is 0.146. The van der Waals surface area contributed by atoms with Crippen molar-refractivity contribution in [1.82, 2.24) is 10.3 Å². The van der Waals surface area contributed by atoms with Crippen molar-refractivity contribution in [2.75, 3.05) is 6.54 Å². The summed E-state index contributed by atoms with van der Waals surface area (Å²) in [5.74, 6) is 0. The first-order valence-electron chi connectivity index (χ1n) is 7.46. The third-order valence-electron chi connectivity index (χ3n) is 3.57. The number of hydrogen-bond donors (Lipinski definition) is 1. The van der Waals surface area contributed by atoms with Crippen LogP contribution in [0.4, 0.5) is 0 Å². The average molecular weight is 337 g/mol. The number of nitrogens with zero attached hydrogens (tertiary/aromatic N) is 1. The van der Waals surface area contributed by atoms with E-state index in [0.29, 0.717) is 10.0 Å². The van der Waals surface area contributed by atoms with Crippen LogP contribution in [0.3, 0.4) is 0 Å². The number of aromatic nitrogens is 1. The van der Waals surface area contributed by atoms with Crippen LogP contribution in [-0.4, -0.2) is 11.5 Å². The van der Waals surface area contributed by atoms with Gasteiger partial charge in [-0.1, -0.05) is 56.1 Å². The van der Waals surface area contributed by atoms with Crippen LogP contribution in [0.1, 0.15) is 37.6 Å². The first-order chi connectivity index (χ1) is 10.4. The second-order valence-corrected chi connectivity index (χ2v) is 7.28. The van der Waals surface area contributed by atoms with Gasteiger partial charge in [-0.25, -0.2) is 0 Å². The molecule has 0 saturated heterocycles. The third-order valence-corrected chi connectivity index (χ3v) is 4.31. The molecule has 0 fully saturated rings. The van der Waals surface area contributed by atoms with E-state index in [0.717, 1.165) is 25.2 Å². The summed E-state index contributed by atoms with van der Waals surface area (Å²) in [6, 6.07) is 10.0. The highest BCUT2D eigenvalue weighted by atomic mass is 35.5. The first-order valence-corrected chi connectivity index (χ1v) is 8.22. The lowest BCUT2D eigenvalue weighted by Gasteiger charge is -2.18. The standard InChI is InChI=1S/C18H22Cl2N2/c1-18(2,3)14-5-6-15(22-11-14)12-21-9-8-13-4-7-16(19)17(20)10-13/h4-7,10-11,21H,8-9,12H2,1-3H3. The summed E-state index contributed by atoms with van der Waals surface area (Å²) in [7, 11) is 0. The van der Waals surface area contributed by atoms with Crippen molar-refractivity contribution in [2.24, 2.45) is 0 Å². The van der Waals surface area contributed by atoms with Gasteiger partial charge in [-0.2, -0.15) is 0 Å². The van der Waals surface area contributed by atoms with Crippen LogP contribution >= 0.6 is 23.2 Å². The molecule has 1 aromatic heterocycles. The number of nitrogens with one attached hydrogen (secondary N) is 1. The fraction of sp³-hybridized carbons (Fsp3) is 0.389. The lowest BCUT2D eigenvalue weighted by molar-refractivity contribution is 0.585. The van der Waals surface area contributed by atoms with E-state index < -0.39 is 0 Å². The van der Waals surface area contributed by atoms with Crippen molar-refractivity contribution in [2.45, 2.75) is 39.2 Å². The van der Waals surface area contributed by atoms with Crippen LogP contribution < -0.4 is 5.32 Å². The summed E-state index contributed by atoms with van der Waals surface area (Å²) in [6.07, 6.45) is 2.88. The van der Waals surface area contributed by atoms with Crippen LogP contribution in [0.25, 0.3) is 0 Å². The summed E-state index contributed by atoms with van der Waals surface area (Å²) >= 11 is 11.9. The van der Waals surface area contributed by atoms with Gasteiger partial charge in [-0.05, 0) is 47.7 Å². The van der Waals surface area contributed by atoms with Crippen LogP contribution in [0, 0.1) is 0 Å². The van der Waals surface area contributed by atoms with E-state index in [4.69, 9.17) is 23.2 Å². The maximum Gasteiger partial charge on any atom is 0.0595 e. The van der Waals surface area contributed by atoms with E-state index in [9.17, 15) is 0 Å². The van der Waals surface area contributed by atoms with E-state index in [1.807, 2.05) is 24.4 Å². The minimum absolute atomic E-state index is 0.146. The van der Waals surface area contributed by atoms with E-state index >= 15 is 0 Å².